The quantitative estimate of drug-likeness (QED) is 0.765. The fourth-order valence-electron chi connectivity index (χ4n) is 1.39. The third-order valence-corrected chi connectivity index (χ3v) is 2.22. The SMILES string of the molecule is Nc1nc2ccc(C(F)(F)C(F)(F)F)cc2[nH]1. The number of aromatic amines is 1. The van der Waals surface area contributed by atoms with Crippen LogP contribution >= 0.6 is 0 Å². The molecule has 0 spiro atoms. The molecular weight excluding hydrogens is 245 g/mol. The Labute approximate surface area is 91.4 Å². The molecule has 0 saturated carbocycles. The van der Waals surface area contributed by atoms with Crippen molar-refractivity contribution in [3.8, 4) is 0 Å². The first kappa shape index (κ1) is 11.6. The molecule has 0 aliphatic heterocycles. The van der Waals surface area contributed by atoms with Crippen LogP contribution in [0.2, 0.25) is 0 Å². The van der Waals surface area contributed by atoms with E-state index in [1.165, 1.54) is 0 Å². The normalized spacial score (nSPS) is 13.2. The molecule has 0 amide bonds. The van der Waals surface area contributed by atoms with Crippen molar-refractivity contribution >= 4 is 17.0 Å². The van der Waals surface area contributed by atoms with Crippen molar-refractivity contribution in [2.24, 2.45) is 0 Å². The molecule has 0 unspecified atom stereocenters. The number of nitrogens with one attached hydrogen (secondary N) is 1. The van der Waals surface area contributed by atoms with E-state index in [4.69, 9.17) is 5.73 Å². The smallest absolute Gasteiger partial charge is 0.369 e. The molecular formula is C9H6F5N3. The molecule has 3 N–H and O–H groups in total. The van der Waals surface area contributed by atoms with Gasteiger partial charge in [-0.1, -0.05) is 6.07 Å². The minimum absolute atomic E-state index is 0.0314. The van der Waals surface area contributed by atoms with Gasteiger partial charge in [0.15, 0.2) is 5.95 Å². The van der Waals surface area contributed by atoms with Gasteiger partial charge in [0.2, 0.25) is 0 Å². The summed E-state index contributed by atoms with van der Waals surface area (Å²) in [7, 11) is 0. The molecule has 0 fully saturated rings. The largest absolute Gasteiger partial charge is 0.458 e. The number of imidazole rings is 1. The fourth-order valence-corrected chi connectivity index (χ4v) is 1.39. The Morgan fingerprint density at radius 3 is 2.35 bits per heavy atom. The van der Waals surface area contributed by atoms with Crippen LogP contribution in [0.5, 0.6) is 0 Å². The number of rotatable bonds is 1. The molecule has 17 heavy (non-hydrogen) atoms. The van der Waals surface area contributed by atoms with Crippen LogP contribution in [-0.4, -0.2) is 16.1 Å². The zero-order chi connectivity index (χ0) is 12.8. The lowest BCUT2D eigenvalue weighted by Gasteiger charge is -2.19. The van der Waals surface area contributed by atoms with Gasteiger partial charge in [0.1, 0.15) is 0 Å². The van der Waals surface area contributed by atoms with Gasteiger partial charge in [0.25, 0.3) is 0 Å². The van der Waals surface area contributed by atoms with Crippen molar-refractivity contribution in [2.75, 3.05) is 5.73 Å². The molecule has 0 radical (unpaired) electrons. The van der Waals surface area contributed by atoms with Crippen LogP contribution in [-0.2, 0) is 5.92 Å². The van der Waals surface area contributed by atoms with Crippen LogP contribution in [0.3, 0.4) is 0 Å². The lowest BCUT2D eigenvalue weighted by Crippen LogP contribution is -2.33. The number of nitrogen functional groups attached to an aromatic ring is 1. The first-order valence-electron chi connectivity index (χ1n) is 4.42. The second-order valence-corrected chi connectivity index (χ2v) is 3.43. The maximum absolute atomic E-state index is 13.0. The molecule has 3 nitrogen and oxygen atoms in total. The molecule has 1 aromatic carbocycles. The number of halogens is 5. The lowest BCUT2D eigenvalue weighted by molar-refractivity contribution is -0.289. The van der Waals surface area contributed by atoms with E-state index in [1.807, 2.05) is 0 Å². The molecule has 2 rings (SSSR count). The lowest BCUT2D eigenvalue weighted by atomic mass is 10.1. The molecule has 0 saturated heterocycles. The van der Waals surface area contributed by atoms with Gasteiger partial charge in [-0.15, -0.1) is 0 Å². The van der Waals surface area contributed by atoms with Crippen molar-refractivity contribution in [1.82, 2.24) is 9.97 Å². The van der Waals surface area contributed by atoms with Crippen molar-refractivity contribution in [1.29, 1.82) is 0 Å². The number of aromatic nitrogens is 2. The van der Waals surface area contributed by atoms with Crippen LogP contribution in [0.1, 0.15) is 5.56 Å². The molecule has 8 heteroatoms. The van der Waals surface area contributed by atoms with Crippen molar-refractivity contribution in [2.45, 2.75) is 12.1 Å². The number of nitrogens with two attached hydrogens (primary N) is 1. The maximum atomic E-state index is 13.0. The minimum Gasteiger partial charge on any atom is -0.369 e. The van der Waals surface area contributed by atoms with Crippen LogP contribution < -0.4 is 5.73 Å². The van der Waals surface area contributed by atoms with Crippen molar-refractivity contribution < 1.29 is 22.0 Å². The number of fused-ring (bicyclic) bond motifs is 1. The standard InChI is InChI=1S/C9H6F5N3/c10-8(11,9(12,13)14)4-1-2-5-6(3-4)17-7(15)16-5/h1-3H,(H3,15,16,17). The van der Waals surface area contributed by atoms with Crippen LogP contribution in [0.25, 0.3) is 11.0 Å². The average molecular weight is 251 g/mol. The summed E-state index contributed by atoms with van der Waals surface area (Å²) >= 11 is 0. The molecule has 2 aromatic rings. The molecule has 1 aromatic heterocycles. The van der Waals surface area contributed by atoms with E-state index >= 15 is 0 Å². The molecule has 0 bridgehead atoms. The fraction of sp³-hybridized carbons (Fsp3) is 0.222. The van der Waals surface area contributed by atoms with E-state index in [0.717, 1.165) is 6.07 Å². The number of hydrogen-bond donors (Lipinski definition) is 2. The first-order valence-corrected chi connectivity index (χ1v) is 4.42. The summed E-state index contributed by atoms with van der Waals surface area (Å²) in [4.78, 5) is 6.08. The van der Waals surface area contributed by atoms with Crippen LogP contribution in [0, 0.1) is 0 Å². The first-order chi connectivity index (χ1) is 7.72. The van der Waals surface area contributed by atoms with Gasteiger partial charge in [-0.05, 0) is 12.1 Å². The number of alkyl halides is 5. The zero-order valence-corrected chi connectivity index (χ0v) is 8.15. The second-order valence-electron chi connectivity index (χ2n) is 3.43. The van der Waals surface area contributed by atoms with E-state index in [9.17, 15) is 22.0 Å². The van der Waals surface area contributed by atoms with E-state index < -0.39 is 17.7 Å². The highest BCUT2D eigenvalue weighted by molar-refractivity contribution is 5.78. The van der Waals surface area contributed by atoms with Crippen molar-refractivity contribution in [3.05, 3.63) is 23.8 Å². The van der Waals surface area contributed by atoms with Gasteiger partial charge in [-0.2, -0.15) is 22.0 Å². The molecule has 0 aliphatic rings. The zero-order valence-electron chi connectivity index (χ0n) is 8.15. The highest BCUT2D eigenvalue weighted by Gasteiger charge is 2.58. The second kappa shape index (κ2) is 3.31. The van der Waals surface area contributed by atoms with Gasteiger partial charge >= 0.3 is 12.1 Å². The third kappa shape index (κ3) is 1.79. The third-order valence-electron chi connectivity index (χ3n) is 2.22. The van der Waals surface area contributed by atoms with Crippen LogP contribution in [0.4, 0.5) is 27.9 Å². The Kier molecular flexibility index (Phi) is 2.27. The Morgan fingerprint density at radius 1 is 1.12 bits per heavy atom. The topological polar surface area (TPSA) is 54.7 Å². The van der Waals surface area contributed by atoms with Gasteiger partial charge < -0.3 is 10.7 Å². The van der Waals surface area contributed by atoms with Gasteiger partial charge in [-0.3, -0.25) is 0 Å². The summed E-state index contributed by atoms with van der Waals surface area (Å²) in [6.07, 6.45) is -5.63. The average Bonchev–Trinajstić information content (AvgIpc) is 2.54. The summed E-state index contributed by atoms with van der Waals surface area (Å²) in [6, 6.07) is 2.42. The summed E-state index contributed by atoms with van der Waals surface area (Å²) in [5, 5.41) is 0. The summed E-state index contributed by atoms with van der Waals surface area (Å²) in [6.45, 7) is 0. The monoisotopic (exact) mass is 251 g/mol. The molecule has 0 aliphatic carbocycles. The summed E-state index contributed by atoms with van der Waals surface area (Å²) < 4.78 is 62.4. The predicted molar refractivity (Wildman–Crippen MR) is 50.5 cm³/mol. The Morgan fingerprint density at radius 2 is 1.76 bits per heavy atom. The Bertz CT molecular complexity index is 557. The van der Waals surface area contributed by atoms with E-state index in [-0.39, 0.29) is 17.0 Å². The summed E-state index contributed by atoms with van der Waals surface area (Å²) in [5.41, 5.74) is 4.36. The van der Waals surface area contributed by atoms with E-state index in [1.54, 1.807) is 0 Å². The Balaban J connectivity index is 2.56. The molecule has 92 valence electrons. The van der Waals surface area contributed by atoms with Crippen LogP contribution in [0.15, 0.2) is 18.2 Å². The predicted octanol–water partition coefficient (Wildman–Crippen LogP) is 2.80. The molecule has 0 atom stereocenters. The number of H-pyrrole nitrogens is 1. The number of hydrogen-bond acceptors (Lipinski definition) is 2. The highest BCUT2D eigenvalue weighted by Crippen LogP contribution is 2.44. The summed E-state index contributed by atoms with van der Waals surface area (Å²) in [5.74, 6) is -4.95. The molecule has 1 heterocycles. The number of nitrogens with zero attached hydrogens (tertiary/aromatic N) is 1. The highest BCUT2D eigenvalue weighted by atomic mass is 19.4. The van der Waals surface area contributed by atoms with Gasteiger partial charge in [-0.25, -0.2) is 4.98 Å². The minimum atomic E-state index is -5.63. The van der Waals surface area contributed by atoms with Gasteiger partial charge in [0.05, 0.1) is 11.0 Å². The van der Waals surface area contributed by atoms with Crippen molar-refractivity contribution in [3.63, 3.8) is 0 Å². The Hall–Kier alpha value is -1.86. The van der Waals surface area contributed by atoms with E-state index in [0.29, 0.717) is 12.1 Å². The maximum Gasteiger partial charge on any atom is 0.458 e. The number of anilines is 1. The van der Waals surface area contributed by atoms with Gasteiger partial charge in [0, 0.05) is 5.56 Å². The number of benzene rings is 1. The van der Waals surface area contributed by atoms with E-state index in [2.05, 4.69) is 9.97 Å².